The Morgan fingerprint density at radius 2 is 2.58 bits per heavy atom. The second-order valence-corrected chi connectivity index (χ2v) is 2.84. The summed E-state index contributed by atoms with van der Waals surface area (Å²) in [7, 11) is 0. The van der Waals surface area contributed by atoms with Gasteiger partial charge in [-0.2, -0.15) is 0 Å². The molecule has 0 bridgehead atoms. The molecule has 0 amide bonds. The van der Waals surface area contributed by atoms with Crippen LogP contribution >= 0.6 is 0 Å². The van der Waals surface area contributed by atoms with Crippen molar-refractivity contribution >= 4 is 5.78 Å². The minimum atomic E-state index is 0.0643. The lowest BCUT2D eigenvalue weighted by Gasteiger charge is -2.12. The Bertz CT molecular complexity index is 165. The van der Waals surface area contributed by atoms with Crippen LogP contribution in [0.25, 0.3) is 0 Å². The van der Waals surface area contributed by atoms with Crippen LogP contribution in [0.3, 0.4) is 0 Å². The van der Waals surface area contributed by atoms with Crippen LogP contribution in [-0.2, 0) is 14.3 Å². The topological polar surface area (TPSA) is 35.5 Å². The van der Waals surface area contributed by atoms with Gasteiger partial charge < -0.3 is 9.47 Å². The van der Waals surface area contributed by atoms with Crippen molar-refractivity contribution in [3.8, 4) is 0 Å². The minimum Gasteiger partial charge on any atom is -0.372 e. The number of hydrogen-bond acceptors (Lipinski definition) is 3. The van der Waals surface area contributed by atoms with E-state index in [1.165, 1.54) is 0 Å². The highest BCUT2D eigenvalue weighted by molar-refractivity contribution is 5.79. The summed E-state index contributed by atoms with van der Waals surface area (Å²) in [5, 5.41) is 0. The maximum atomic E-state index is 10.9. The van der Waals surface area contributed by atoms with Crippen LogP contribution in [0.15, 0.2) is 12.7 Å². The molecule has 1 fully saturated rings. The van der Waals surface area contributed by atoms with Crippen LogP contribution < -0.4 is 0 Å². The molecule has 0 aliphatic carbocycles. The standard InChI is InChI=1S/C9H14O3/c1-2-5-12-9-4-3-8(10)6-11-7-9/h2,9H,1,3-7H2. The quantitative estimate of drug-likeness (QED) is 0.591. The van der Waals surface area contributed by atoms with Crippen molar-refractivity contribution in [2.45, 2.75) is 18.9 Å². The van der Waals surface area contributed by atoms with E-state index in [9.17, 15) is 4.79 Å². The molecule has 1 atom stereocenters. The number of carbonyl (C=O) groups is 1. The molecular weight excluding hydrogens is 156 g/mol. The molecule has 0 spiro atoms. The first kappa shape index (κ1) is 9.42. The van der Waals surface area contributed by atoms with E-state index < -0.39 is 0 Å². The van der Waals surface area contributed by atoms with Crippen LogP contribution in [0.5, 0.6) is 0 Å². The van der Waals surface area contributed by atoms with Gasteiger partial charge in [0.2, 0.25) is 0 Å². The third-order valence-electron chi connectivity index (χ3n) is 1.76. The highest BCUT2D eigenvalue weighted by atomic mass is 16.5. The SMILES string of the molecule is C=CCOC1CCC(=O)COC1. The number of ketones is 1. The smallest absolute Gasteiger partial charge is 0.158 e. The van der Waals surface area contributed by atoms with E-state index >= 15 is 0 Å². The maximum Gasteiger partial charge on any atom is 0.158 e. The molecule has 0 N–H and O–H groups in total. The lowest BCUT2D eigenvalue weighted by Crippen LogP contribution is -2.17. The Morgan fingerprint density at radius 3 is 3.33 bits per heavy atom. The summed E-state index contributed by atoms with van der Waals surface area (Å²) >= 11 is 0. The van der Waals surface area contributed by atoms with Gasteiger partial charge in [-0.1, -0.05) is 6.08 Å². The molecule has 0 aromatic heterocycles. The van der Waals surface area contributed by atoms with Gasteiger partial charge >= 0.3 is 0 Å². The first-order valence-corrected chi connectivity index (χ1v) is 4.15. The van der Waals surface area contributed by atoms with Gasteiger partial charge in [0.05, 0.1) is 19.3 Å². The second kappa shape index (κ2) is 5.06. The molecule has 1 unspecified atom stereocenters. The van der Waals surface area contributed by atoms with Crippen LogP contribution in [0.4, 0.5) is 0 Å². The Morgan fingerprint density at radius 1 is 1.75 bits per heavy atom. The third-order valence-corrected chi connectivity index (χ3v) is 1.76. The number of hydrogen-bond donors (Lipinski definition) is 0. The van der Waals surface area contributed by atoms with Gasteiger partial charge in [0, 0.05) is 6.42 Å². The Hall–Kier alpha value is -0.670. The highest BCUT2D eigenvalue weighted by Crippen LogP contribution is 2.08. The average molecular weight is 170 g/mol. The molecule has 0 saturated carbocycles. The first-order valence-electron chi connectivity index (χ1n) is 4.15. The molecule has 3 nitrogen and oxygen atoms in total. The summed E-state index contributed by atoms with van der Waals surface area (Å²) in [6, 6.07) is 0. The van der Waals surface area contributed by atoms with Gasteiger partial charge in [0.1, 0.15) is 6.61 Å². The third kappa shape index (κ3) is 3.15. The Balaban J connectivity index is 2.25. The monoisotopic (exact) mass is 170 g/mol. The van der Waals surface area contributed by atoms with E-state index in [-0.39, 0.29) is 18.5 Å². The Kier molecular flexibility index (Phi) is 3.97. The average Bonchev–Trinajstić information content (AvgIpc) is 2.27. The molecule has 3 heteroatoms. The molecule has 1 aliphatic heterocycles. The fraction of sp³-hybridized carbons (Fsp3) is 0.667. The van der Waals surface area contributed by atoms with Gasteiger partial charge in [0.25, 0.3) is 0 Å². The van der Waals surface area contributed by atoms with Crippen LogP contribution in [-0.4, -0.2) is 31.7 Å². The van der Waals surface area contributed by atoms with E-state index in [2.05, 4.69) is 6.58 Å². The molecule has 1 heterocycles. The normalized spacial score (nSPS) is 25.0. The summed E-state index contributed by atoms with van der Waals surface area (Å²) in [5.74, 6) is 0.166. The van der Waals surface area contributed by atoms with Crippen LogP contribution in [0.1, 0.15) is 12.8 Å². The molecule has 0 aromatic rings. The lowest BCUT2D eigenvalue weighted by molar-refractivity contribution is -0.122. The molecule has 0 aromatic carbocycles. The zero-order chi connectivity index (χ0) is 8.81. The summed E-state index contributed by atoms with van der Waals surface area (Å²) in [6.45, 7) is 4.85. The van der Waals surface area contributed by atoms with Gasteiger partial charge in [-0.05, 0) is 6.42 Å². The number of rotatable bonds is 3. The summed E-state index contributed by atoms with van der Waals surface area (Å²) in [5.41, 5.74) is 0. The van der Waals surface area contributed by atoms with E-state index in [1.54, 1.807) is 6.08 Å². The predicted octanol–water partition coefficient (Wildman–Crippen LogP) is 0.937. The van der Waals surface area contributed by atoms with Crippen molar-refractivity contribution in [1.29, 1.82) is 0 Å². The van der Waals surface area contributed by atoms with Crippen LogP contribution in [0, 0.1) is 0 Å². The van der Waals surface area contributed by atoms with Crippen molar-refractivity contribution < 1.29 is 14.3 Å². The Labute approximate surface area is 72.4 Å². The largest absolute Gasteiger partial charge is 0.372 e. The maximum absolute atomic E-state index is 10.9. The zero-order valence-electron chi connectivity index (χ0n) is 7.12. The minimum absolute atomic E-state index is 0.0643. The van der Waals surface area contributed by atoms with Gasteiger partial charge in [-0.3, -0.25) is 4.79 Å². The van der Waals surface area contributed by atoms with E-state index in [0.29, 0.717) is 19.6 Å². The van der Waals surface area contributed by atoms with E-state index in [0.717, 1.165) is 6.42 Å². The highest BCUT2D eigenvalue weighted by Gasteiger charge is 2.16. The molecule has 1 aliphatic rings. The fourth-order valence-corrected chi connectivity index (χ4v) is 1.12. The summed E-state index contributed by atoms with van der Waals surface area (Å²) < 4.78 is 10.5. The van der Waals surface area contributed by atoms with Gasteiger partial charge in [0.15, 0.2) is 5.78 Å². The number of ether oxygens (including phenoxy) is 2. The number of carbonyl (C=O) groups excluding carboxylic acids is 1. The van der Waals surface area contributed by atoms with E-state index in [4.69, 9.17) is 9.47 Å². The van der Waals surface area contributed by atoms with Crippen molar-refractivity contribution in [1.82, 2.24) is 0 Å². The summed E-state index contributed by atoms with van der Waals surface area (Å²) in [4.78, 5) is 10.9. The molecule has 0 radical (unpaired) electrons. The van der Waals surface area contributed by atoms with E-state index in [1.807, 2.05) is 0 Å². The second-order valence-electron chi connectivity index (χ2n) is 2.84. The fourth-order valence-electron chi connectivity index (χ4n) is 1.12. The molecule has 12 heavy (non-hydrogen) atoms. The van der Waals surface area contributed by atoms with Crippen molar-refractivity contribution in [3.05, 3.63) is 12.7 Å². The van der Waals surface area contributed by atoms with Gasteiger partial charge in [-0.25, -0.2) is 0 Å². The number of Topliss-reactive ketones (excluding diaryl/α,β-unsaturated/α-hetero) is 1. The molecule has 68 valence electrons. The zero-order valence-corrected chi connectivity index (χ0v) is 7.12. The van der Waals surface area contributed by atoms with Crippen molar-refractivity contribution in [2.75, 3.05) is 19.8 Å². The molecular formula is C9H14O3. The summed E-state index contributed by atoms with van der Waals surface area (Å²) in [6.07, 6.45) is 3.11. The predicted molar refractivity (Wildman–Crippen MR) is 45.0 cm³/mol. The molecule has 1 rings (SSSR count). The van der Waals surface area contributed by atoms with Crippen molar-refractivity contribution in [2.24, 2.45) is 0 Å². The van der Waals surface area contributed by atoms with Gasteiger partial charge in [-0.15, -0.1) is 6.58 Å². The molecule has 1 saturated heterocycles. The van der Waals surface area contributed by atoms with Crippen LogP contribution in [0.2, 0.25) is 0 Å². The van der Waals surface area contributed by atoms with Crippen molar-refractivity contribution in [3.63, 3.8) is 0 Å². The lowest BCUT2D eigenvalue weighted by atomic mass is 10.2. The first-order chi connectivity index (χ1) is 5.83.